The highest BCUT2D eigenvalue weighted by molar-refractivity contribution is 6.10. The molecule has 1 aliphatic rings. The van der Waals surface area contributed by atoms with Crippen LogP contribution in [0.4, 0.5) is 16.3 Å². The average Bonchev–Trinajstić information content (AvgIpc) is 2.39. The third-order valence-corrected chi connectivity index (χ3v) is 3.13. The summed E-state index contributed by atoms with van der Waals surface area (Å²) in [6.45, 7) is 0.325. The normalized spacial score (nSPS) is 15.7. The zero-order valence-electron chi connectivity index (χ0n) is 10.1. The molecule has 0 atom stereocenters. The van der Waals surface area contributed by atoms with Crippen LogP contribution in [0.25, 0.3) is 10.8 Å². The summed E-state index contributed by atoms with van der Waals surface area (Å²) in [5.74, 6) is 0.260. The Balaban J connectivity index is 2.13. The summed E-state index contributed by atoms with van der Waals surface area (Å²) in [6, 6.07) is 6.83. The molecule has 3 amide bonds. The van der Waals surface area contributed by atoms with Crippen LogP contribution in [-0.2, 0) is 4.79 Å². The van der Waals surface area contributed by atoms with E-state index < -0.39 is 6.03 Å². The Morgan fingerprint density at radius 3 is 2.84 bits per heavy atom. The zero-order chi connectivity index (χ0) is 13.4. The Bertz CT molecular complexity index is 683. The number of pyridine rings is 1. The lowest BCUT2D eigenvalue weighted by Crippen LogP contribution is -2.50. The molecule has 1 aromatic heterocycles. The molecule has 1 saturated heterocycles. The number of nitrogens with zero attached hydrogens (tertiary/aromatic N) is 2. The predicted octanol–water partition coefficient (Wildman–Crippen LogP) is 1.26. The van der Waals surface area contributed by atoms with Crippen LogP contribution in [0.1, 0.15) is 6.42 Å². The molecule has 0 radical (unpaired) electrons. The zero-order valence-corrected chi connectivity index (χ0v) is 10.1. The standard InChI is InChI=1S/C13H12N4O2/c14-10-3-1-2-9-8(10)4-6-15-12(9)17-7-5-11(18)16-13(17)19/h1-4,6H,5,7,14H2,(H,16,18,19). The van der Waals surface area contributed by atoms with Gasteiger partial charge < -0.3 is 5.73 Å². The van der Waals surface area contributed by atoms with E-state index in [1.165, 1.54) is 4.90 Å². The Morgan fingerprint density at radius 1 is 1.21 bits per heavy atom. The molecule has 1 fully saturated rings. The molecule has 2 aromatic rings. The van der Waals surface area contributed by atoms with Crippen LogP contribution in [0, 0.1) is 0 Å². The van der Waals surface area contributed by atoms with Gasteiger partial charge in [0.05, 0.1) is 0 Å². The minimum atomic E-state index is -0.446. The molecule has 0 saturated carbocycles. The van der Waals surface area contributed by atoms with Crippen LogP contribution in [0.5, 0.6) is 0 Å². The number of hydrogen-bond donors (Lipinski definition) is 2. The van der Waals surface area contributed by atoms with E-state index in [2.05, 4.69) is 10.3 Å². The number of amides is 3. The fourth-order valence-electron chi connectivity index (χ4n) is 2.20. The van der Waals surface area contributed by atoms with Crippen LogP contribution in [0.3, 0.4) is 0 Å². The first-order valence-electron chi connectivity index (χ1n) is 5.91. The lowest BCUT2D eigenvalue weighted by molar-refractivity contribution is -0.120. The van der Waals surface area contributed by atoms with Gasteiger partial charge in [0.1, 0.15) is 5.82 Å². The van der Waals surface area contributed by atoms with Crippen molar-refractivity contribution >= 4 is 34.2 Å². The average molecular weight is 256 g/mol. The van der Waals surface area contributed by atoms with Gasteiger partial charge in [0.15, 0.2) is 0 Å². The number of nitrogens with one attached hydrogen (secondary N) is 1. The van der Waals surface area contributed by atoms with Gasteiger partial charge in [0, 0.05) is 35.6 Å². The number of urea groups is 1. The molecule has 3 rings (SSSR count). The van der Waals surface area contributed by atoms with Gasteiger partial charge in [-0.3, -0.25) is 15.0 Å². The maximum Gasteiger partial charge on any atom is 0.329 e. The maximum absolute atomic E-state index is 11.9. The molecule has 3 N–H and O–H groups in total. The van der Waals surface area contributed by atoms with Crippen molar-refractivity contribution in [2.75, 3.05) is 17.2 Å². The Kier molecular flexibility index (Phi) is 2.56. The summed E-state index contributed by atoms with van der Waals surface area (Å²) in [6.07, 6.45) is 1.88. The molecule has 0 bridgehead atoms. The number of benzene rings is 1. The molecule has 0 spiro atoms. The molecule has 96 valence electrons. The van der Waals surface area contributed by atoms with Crippen LogP contribution in [-0.4, -0.2) is 23.5 Å². The number of carbonyl (C=O) groups excluding carboxylic acids is 2. The summed E-state index contributed by atoms with van der Waals surface area (Å²) in [5.41, 5.74) is 6.54. The van der Waals surface area contributed by atoms with Gasteiger partial charge in [-0.1, -0.05) is 12.1 Å². The highest BCUT2D eigenvalue weighted by Gasteiger charge is 2.26. The Morgan fingerprint density at radius 2 is 2.05 bits per heavy atom. The second kappa shape index (κ2) is 4.24. The maximum atomic E-state index is 11.9. The topological polar surface area (TPSA) is 88.3 Å². The predicted molar refractivity (Wildman–Crippen MR) is 71.7 cm³/mol. The van der Waals surface area contributed by atoms with Crippen molar-refractivity contribution in [3.8, 4) is 0 Å². The lowest BCUT2D eigenvalue weighted by Gasteiger charge is -2.26. The second-order valence-electron chi connectivity index (χ2n) is 4.33. The van der Waals surface area contributed by atoms with Crippen molar-refractivity contribution in [3.63, 3.8) is 0 Å². The third kappa shape index (κ3) is 1.87. The highest BCUT2D eigenvalue weighted by atomic mass is 16.2. The molecule has 2 heterocycles. The molecule has 0 aliphatic carbocycles. The van der Waals surface area contributed by atoms with Gasteiger partial charge in [0.25, 0.3) is 0 Å². The number of anilines is 2. The van der Waals surface area contributed by atoms with E-state index in [0.29, 0.717) is 18.1 Å². The SMILES string of the molecule is Nc1cccc2c(N3CCC(=O)NC3=O)nccc12. The van der Waals surface area contributed by atoms with Crippen LogP contribution < -0.4 is 16.0 Å². The highest BCUT2D eigenvalue weighted by Crippen LogP contribution is 2.28. The molecule has 19 heavy (non-hydrogen) atoms. The Labute approximate surface area is 109 Å². The fraction of sp³-hybridized carbons (Fsp3) is 0.154. The smallest absolute Gasteiger partial charge is 0.329 e. The summed E-state index contributed by atoms with van der Waals surface area (Å²) >= 11 is 0. The van der Waals surface area contributed by atoms with Crippen molar-refractivity contribution in [1.29, 1.82) is 0 Å². The molecular weight excluding hydrogens is 244 g/mol. The quantitative estimate of drug-likeness (QED) is 0.752. The minimum Gasteiger partial charge on any atom is -0.398 e. The number of rotatable bonds is 1. The van der Waals surface area contributed by atoms with Crippen LogP contribution in [0.2, 0.25) is 0 Å². The molecule has 6 nitrogen and oxygen atoms in total. The van der Waals surface area contributed by atoms with E-state index in [9.17, 15) is 9.59 Å². The number of fused-ring (bicyclic) bond motifs is 1. The summed E-state index contributed by atoms with van der Waals surface area (Å²) in [4.78, 5) is 28.7. The minimum absolute atomic E-state index is 0.263. The largest absolute Gasteiger partial charge is 0.398 e. The lowest BCUT2D eigenvalue weighted by atomic mass is 10.1. The van der Waals surface area contributed by atoms with Gasteiger partial charge in [-0.2, -0.15) is 0 Å². The van der Waals surface area contributed by atoms with E-state index in [4.69, 9.17) is 5.73 Å². The van der Waals surface area contributed by atoms with Crippen molar-refractivity contribution in [3.05, 3.63) is 30.5 Å². The van der Waals surface area contributed by atoms with Crippen LogP contribution >= 0.6 is 0 Å². The number of nitrogen functional groups attached to an aromatic ring is 1. The number of aromatic nitrogens is 1. The number of hydrogen-bond acceptors (Lipinski definition) is 4. The van der Waals surface area contributed by atoms with E-state index in [-0.39, 0.29) is 12.3 Å². The summed E-state index contributed by atoms with van der Waals surface area (Å²) < 4.78 is 0. The van der Waals surface area contributed by atoms with Gasteiger partial charge in [-0.15, -0.1) is 0 Å². The van der Waals surface area contributed by atoms with E-state index in [1.54, 1.807) is 18.3 Å². The van der Waals surface area contributed by atoms with Crippen molar-refractivity contribution in [1.82, 2.24) is 10.3 Å². The third-order valence-electron chi connectivity index (χ3n) is 3.13. The van der Waals surface area contributed by atoms with Gasteiger partial charge >= 0.3 is 6.03 Å². The van der Waals surface area contributed by atoms with Gasteiger partial charge in [-0.05, 0) is 12.1 Å². The van der Waals surface area contributed by atoms with Crippen molar-refractivity contribution in [2.24, 2.45) is 0 Å². The Hall–Kier alpha value is -2.63. The van der Waals surface area contributed by atoms with Crippen LogP contribution in [0.15, 0.2) is 30.5 Å². The van der Waals surface area contributed by atoms with Gasteiger partial charge in [0.2, 0.25) is 5.91 Å². The van der Waals surface area contributed by atoms with E-state index in [1.807, 2.05) is 12.1 Å². The molecule has 6 heteroatoms. The first-order valence-corrected chi connectivity index (χ1v) is 5.91. The molecule has 1 aromatic carbocycles. The summed E-state index contributed by atoms with van der Waals surface area (Å²) in [5, 5.41) is 3.93. The van der Waals surface area contributed by atoms with Crippen molar-refractivity contribution < 1.29 is 9.59 Å². The van der Waals surface area contributed by atoms with Crippen molar-refractivity contribution in [2.45, 2.75) is 6.42 Å². The molecule has 1 aliphatic heterocycles. The van der Waals surface area contributed by atoms with E-state index >= 15 is 0 Å². The van der Waals surface area contributed by atoms with E-state index in [0.717, 1.165) is 10.8 Å². The molecular formula is C13H12N4O2. The summed E-state index contributed by atoms with van der Waals surface area (Å²) in [7, 11) is 0. The first kappa shape index (κ1) is 11.5. The number of carbonyl (C=O) groups is 2. The fourth-order valence-corrected chi connectivity index (χ4v) is 2.20. The molecule has 0 unspecified atom stereocenters. The van der Waals surface area contributed by atoms with Gasteiger partial charge in [-0.25, -0.2) is 9.78 Å². The number of imide groups is 1. The monoisotopic (exact) mass is 256 g/mol. The number of nitrogens with two attached hydrogens (primary N) is 1. The first-order chi connectivity index (χ1) is 9.16. The second-order valence-corrected chi connectivity index (χ2v) is 4.33.